The smallest absolute Gasteiger partial charge is 0.224 e. The Hall–Kier alpha value is -2.82. The molecule has 0 aromatic heterocycles. The van der Waals surface area contributed by atoms with Crippen molar-refractivity contribution in [1.82, 2.24) is 0 Å². The van der Waals surface area contributed by atoms with Gasteiger partial charge in [0.25, 0.3) is 0 Å². The van der Waals surface area contributed by atoms with Crippen LogP contribution in [0.1, 0.15) is 37.8 Å². The number of rotatable bonds is 7. The number of aryl methyl sites for hydroxylation is 1. The van der Waals surface area contributed by atoms with Gasteiger partial charge in [-0.25, -0.2) is 4.99 Å². The van der Waals surface area contributed by atoms with Gasteiger partial charge in [-0.1, -0.05) is 38.1 Å². The summed E-state index contributed by atoms with van der Waals surface area (Å²) in [5.74, 6) is 0.397. The lowest BCUT2D eigenvalue weighted by Gasteiger charge is -2.08. The van der Waals surface area contributed by atoms with Crippen LogP contribution in [0.3, 0.4) is 0 Å². The van der Waals surface area contributed by atoms with Crippen molar-refractivity contribution in [2.45, 2.75) is 39.7 Å². The number of hydrogen-bond acceptors (Lipinski definition) is 2. The van der Waals surface area contributed by atoms with Gasteiger partial charge >= 0.3 is 0 Å². The Bertz CT molecular complexity index is 740. The van der Waals surface area contributed by atoms with Gasteiger partial charge < -0.3 is 16.4 Å². The number of hydrogen-bond donors (Lipinski definition) is 3. The Morgan fingerprint density at radius 1 is 1.00 bits per heavy atom. The second-order valence-electron chi connectivity index (χ2n) is 5.88. The van der Waals surface area contributed by atoms with Gasteiger partial charge in [-0.3, -0.25) is 4.79 Å². The third kappa shape index (κ3) is 6.30. The van der Waals surface area contributed by atoms with E-state index >= 15 is 0 Å². The maximum absolute atomic E-state index is 11.7. The number of nitrogens with one attached hydrogen (secondary N) is 2. The summed E-state index contributed by atoms with van der Waals surface area (Å²) in [4.78, 5) is 16.0. The summed E-state index contributed by atoms with van der Waals surface area (Å²) in [7, 11) is 0. The second-order valence-corrected chi connectivity index (χ2v) is 5.88. The van der Waals surface area contributed by atoms with E-state index < -0.39 is 0 Å². The molecule has 0 unspecified atom stereocenters. The SMILES string of the molecule is CCCC(=O)Nc1cccc(CN=C(N)Nc2cccc(CC)c2)c1. The molecule has 0 fully saturated rings. The summed E-state index contributed by atoms with van der Waals surface area (Å²) in [5.41, 5.74) is 9.92. The minimum Gasteiger partial charge on any atom is -0.370 e. The van der Waals surface area contributed by atoms with Crippen LogP contribution in [0.4, 0.5) is 11.4 Å². The first-order valence-corrected chi connectivity index (χ1v) is 8.65. The quantitative estimate of drug-likeness (QED) is 0.529. The van der Waals surface area contributed by atoms with Crippen LogP contribution in [-0.4, -0.2) is 11.9 Å². The highest BCUT2D eigenvalue weighted by molar-refractivity contribution is 5.92. The second kappa shape index (κ2) is 9.47. The Morgan fingerprint density at radius 3 is 2.32 bits per heavy atom. The van der Waals surface area contributed by atoms with Crippen molar-refractivity contribution in [2.24, 2.45) is 10.7 Å². The average molecular weight is 338 g/mol. The maximum atomic E-state index is 11.7. The van der Waals surface area contributed by atoms with Crippen molar-refractivity contribution in [3.8, 4) is 0 Å². The number of aliphatic imine (C=N–C) groups is 1. The number of carbonyl (C=O) groups is 1. The minimum absolute atomic E-state index is 0.0279. The van der Waals surface area contributed by atoms with E-state index in [1.54, 1.807) is 0 Å². The zero-order chi connectivity index (χ0) is 18.1. The molecule has 0 aliphatic carbocycles. The van der Waals surface area contributed by atoms with Crippen molar-refractivity contribution < 1.29 is 4.79 Å². The molecule has 132 valence electrons. The molecule has 0 aliphatic heterocycles. The van der Waals surface area contributed by atoms with E-state index in [0.717, 1.165) is 29.8 Å². The van der Waals surface area contributed by atoms with Crippen LogP contribution in [-0.2, 0) is 17.8 Å². The Labute approximate surface area is 149 Å². The van der Waals surface area contributed by atoms with E-state index in [1.807, 2.05) is 43.3 Å². The molecule has 0 radical (unpaired) electrons. The largest absolute Gasteiger partial charge is 0.370 e. The van der Waals surface area contributed by atoms with E-state index in [2.05, 4.69) is 34.7 Å². The van der Waals surface area contributed by atoms with Gasteiger partial charge in [0.2, 0.25) is 5.91 Å². The molecule has 5 nitrogen and oxygen atoms in total. The van der Waals surface area contributed by atoms with Crippen LogP contribution in [0.15, 0.2) is 53.5 Å². The molecule has 0 bridgehead atoms. The van der Waals surface area contributed by atoms with E-state index in [4.69, 9.17) is 5.73 Å². The number of amides is 1. The van der Waals surface area contributed by atoms with Crippen molar-refractivity contribution in [1.29, 1.82) is 0 Å². The summed E-state index contributed by atoms with van der Waals surface area (Å²) >= 11 is 0. The van der Waals surface area contributed by atoms with E-state index in [0.29, 0.717) is 18.9 Å². The number of benzene rings is 2. The Balaban J connectivity index is 1.96. The number of nitrogens with two attached hydrogens (primary N) is 1. The number of anilines is 2. The van der Waals surface area contributed by atoms with Crippen molar-refractivity contribution in [2.75, 3.05) is 10.6 Å². The lowest BCUT2D eigenvalue weighted by atomic mass is 10.1. The predicted octanol–water partition coefficient (Wildman–Crippen LogP) is 3.91. The Morgan fingerprint density at radius 2 is 1.64 bits per heavy atom. The van der Waals surface area contributed by atoms with Crippen LogP contribution >= 0.6 is 0 Å². The topological polar surface area (TPSA) is 79.5 Å². The molecule has 0 spiro atoms. The van der Waals surface area contributed by atoms with Gasteiger partial charge in [0.1, 0.15) is 0 Å². The van der Waals surface area contributed by atoms with E-state index in [-0.39, 0.29) is 5.91 Å². The van der Waals surface area contributed by atoms with Gasteiger partial charge in [-0.05, 0) is 48.2 Å². The molecular weight excluding hydrogens is 312 g/mol. The van der Waals surface area contributed by atoms with Crippen LogP contribution in [0.5, 0.6) is 0 Å². The van der Waals surface area contributed by atoms with E-state index in [9.17, 15) is 4.79 Å². The first kappa shape index (κ1) is 18.5. The van der Waals surface area contributed by atoms with Gasteiger partial charge in [0, 0.05) is 17.8 Å². The number of carbonyl (C=O) groups excluding carboxylic acids is 1. The third-order valence-electron chi connectivity index (χ3n) is 3.73. The standard InChI is InChI=1S/C20H26N4O/c1-3-7-19(25)23-17-10-6-9-16(13-17)14-22-20(21)24-18-11-5-8-15(4-2)12-18/h5-6,8-13H,3-4,7,14H2,1-2H3,(H,23,25)(H3,21,22,24). The van der Waals surface area contributed by atoms with Crippen molar-refractivity contribution in [3.63, 3.8) is 0 Å². The zero-order valence-electron chi connectivity index (χ0n) is 14.9. The van der Waals surface area contributed by atoms with Gasteiger partial charge in [-0.2, -0.15) is 0 Å². The fourth-order valence-corrected chi connectivity index (χ4v) is 2.43. The molecule has 0 heterocycles. The number of nitrogens with zero attached hydrogens (tertiary/aromatic N) is 1. The molecule has 1 amide bonds. The lowest BCUT2D eigenvalue weighted by molar-refractivity contribution is -0.116. The molecule has 0 saturated heterocycles. The van der Waals surface area contributed by atoms with Crippen LogP contribution in [0, 0.1) is 0 Å². The minimum atomic E-state index is 0.0279. The molecular formula is C20H26N4O. The van der Waals surface area contributed by atoms with Gasteiger partial charge in [-0.15, -0.1) is 0 Å². The van der Waals surface area contributed by atoms with Crippen molar-refractivity contribution in [3.05, 3.63) is 59.7 Å². The molecule has 0 aliphatic rings. The van der Waals surface area contributed by atoms with E-state index in [1.165, 1.54) is 5.56 Å². The summed E-state index contributed by atoms with van der Waals surface area (Å²) in [5, 5.41) is 6.00. The summed E-state index contributed by atoms with van der Waals surface area (Å²) in [6.45, 7) is 4.54. The van der Waals surface area contributed by atoms with Crippen LogP contribution < -0.4 is 16.4 Å². The fraction of sp³-hybridized carbons (Fsp3) is 0.300. The highest BCUT2D eigenvalue weighted by Crippen LogP contribution is 2.13. The monoisotopic (exact) mass is 338 g/mol. The third-order valence-corrected chi connectivity index (χ3v) is 3.73. The van der Waals surface area contributed by atoms with Gasteiger partial charge in [0.05, 0.1) is 6.54 Å². The lowest BCUT2D eigenvalue weighted by Crippen LogP contribution is -2.22. The molecule has 5 heteroatoms. The normalized spacial score (nSPS) is 11.2. The van der Waals surface area contributed by atoms with Crippen LogP contribution in [0.25, 0.3) is 0 Å². The van der Waals surface area contributed by atoms with Gasteiger partial charge in [0.15, 0.2) is 5.96 Å². The molecule has 0 saturated carbocycles. The van der Waals surface area contributed by atoms with Crippen LogP contribution in [0.2, 0.25) is 0 Å². The summed E-state index contributed by atoms with van der Waals surface area (Å²) in [6.07, 6.45) is 2.33. The molecule has 25 heavy (non-hydrogen) atoms. The molecule has 2 aromatic rings. The highest BCUT2D eigenvalue weighted by atomic mass is 16.1. The molecule has 4 N–H and O–H groups in total. The number of guanidine groups is 1. The summed E-state index contributed by atoms with van der Waals surface area (Å²) < 4.78 is 0. The first-order valence-electron chi connectivity index (χ1n) is 8.65. The van der Waals surface area contributed by atoms with Crippen molar-refractivity contribution >= 4 is 23.2 Å². The molecule has 0 atom stereocenters. The Kier molecular flexibility index (Phi) is 7.01. The summed E-state index contributed by atoms with van der Waals surface area (Å²) in [6, 6.07) is 15.8. The fourth-order valence-electron chi connectivity index (χ4n) is 2.43. The maximum Gasteiger partial charge on any atom is 0.224 e. The molecule has 2 rings (SSSR count). The predicted molar refractivity (Wildman–Crippen MR) is 105 cm³/mol. The zero-order valence-corrected chi connectivity index (χ0v) is 14.9. The average Bonchev–Trinajstić information content (AvgIpc) is 2.60. The first-order chi connectivity index (χ1) is 12.1. The molecule has 2 aromatic carbocycles. The highest BCUT2D eigenvalue weighted by Gasteiger charge is 2.02.